The summed E-state index contributed by atoms with van der Waals surface area (Å²) in [5, 5.41) is 9.36. The molecule has 3 heteroatoms. The molecule has 0 spiro atoms. The van der Waals surface area contributed by atoms with Gasteiger partial charge in [0.2, 0.25) is 5.91 Å². The highest BCUT2D eigenvalue weighted by Gasteiger charge is 2.06. The molecule has 0 fully saturated rings. The number of hydrogen-bond donors (Lipinski definition) is 2. The smallest absolute Gasteiger partial charge is 0.220 e. The maximum Gasteiger partial charge on any atom is 0.220 e. The van der Waals surface area contributed by atoms with Crippen molar-refractivity contribution in [1.82, 2.24) is 0 Å². The van der Waals surface area contributed by atoms with E-state index in [2.05, 4.69) is 6.92 Å². The van der Waals surface area contributed by atoms with Crippen molar-refractivity contribution in [2.75, 3.05) is 0 Å². The Morgan fingerprint density at radius 1 is 1.13 bits per heavy atom. The Bertz CT molecular complexity index is 160. The summed E-state index contributed by atoms with van der Waals surface area (Å²) in [6.45, 7) is 2.21. The van der Waals surface area contributed by atoms with Gasteiger partial charge in [-0.15, -0.1) is 0 Å². The van der Waals surface area contributed by atoms with E-state index in [9.17, 15) is 9.90 Å². The molecule has 3 N–H and O–H groups in total. The van der Waals surface area contributed by atoms with E-state index in [0.717, 1.165) is 12.8 Å². The number of unbranched alkanes of at least 4 members (excludes halogenated alkanes) is 6. The molecule has 90 valence electrons. The molecule has 0 aliphatic carbocycles. The number of nitrogens with two attached hydrogens (primary N) is 1. The zero-order valence-electron chi connectivity index (χ0n) is 9.87. The third kappa shape index (κ3) is 11.4. The van der Waals surface area contributed by atoms with Crippen LogP contribution in [0.3, 0.4) is 0 Å². The molecule has 15 heavy (non-hydrogen) atoms. The lowest BCUT2D eigenvalue weighted by Crippen LogP contribution is -2.19. The molecule has 1 unspecified atom stereocenters. The summed E-state index contributed by atoms with van der Waals surface area (Å²) in [6.07, 6.45) is 8.88. The molecule has 1 atom stereocenters. The lowest BCUT2D eigenvalue weighted by molar-refractivity contribution is -0.119. The molecule has 0 aromatic carbocycles. The minimum Gasteiger partial charge on any atom is -0.393 e. The van der Waals surface area contributed by atoms with E-state index < -0.39 is 12.0 Å². The molecule has 0 aromatic heterocycles. The zero-order chi connectivity index (χ0) is 11.5. The van der Waals surface area contributed by atoms with Crippen molar-refractivity contribution in [2.24, 2.45) is 5.73 Å². The van der Waals surface area contributed by atoms with E-state index in [4.69, 9.17) is 5.73 Å². The van der Waals surface area contributed by atoms with E-state index in [1.807, 2.05) is 0 Å². The maximum atomic E-state index is 10.5. The van der Waals surface area contributed by atoms with Crippen LogP contribution in [0.15, 0.2) is 0 Å². The Morgan fingerprint density at radius 3 is 2.20 bits per heavy atom. The van der Waals surface area contributed by atoms with Gasteiger partial charge in [-0.05, 0) is 6.42 Å². The standard InChI is InChI=1S/C12H25NO2/c1-2-3-4-5-6-7-8-9-11(14)10-12(13)15/h11,14H,2-10H2,1H3,(H2,13,15). The van der Waals surface area contributed by atoms with Crippen molar-refractivity contribution < 1.29 is 9.90 Å². The van der Waals surface area contributed by atoms with Crippen LogP contribution < -0.4 is 5.73 Å². The van der Waals surface area contributed by atoms with Crippen molar-refractivity contribution >= 4 is 5.91 Å². The minimum absolute atomic E-state index is 0.107. The Kier molecular flexibility index (Phi) is 9.59. The minimum atomic E-state index is -0.529. The number of carbonyl (C=O) groups excluding carboxylic acids is 1. The largest absolute Gasteiger partial charge is 0.393 e. The van der Waals surface area contributed by atoms with Crippen LogP contribution >= 0.6 is 0 Å². The fourth-order valence-corrected chi connectivity index (χ4v) is 1.67. The summed E-state index contributed by atoms with van der Waals surface area (Å²) in [6, 6.07) is 0. The number of rotatable bonds is 10. The van der Waals surface area contributed by atoms with Gasteiger partial charge in [0.05, 0.1) is 12.5 Å². The van der Waals surface area contributed by atoms with Gasteiger partial charge in [-0.2, -0.15) is 0 Å². The first-order valence-electron chi connectivity index (χ1n) is 6.13. The molecule has 0 rings (SSSR count). The molecule has 0 saturated heterocycles. The Morgan fingerprint density at radius 2 is 1.67 bits per heavy atom. The first-order valence-corrected chi connectivity index (χ1v) is 6.13. The predicted molar refractivity (Wildman–Crippen MR) is 62.4 cm³/mol. The van der Waals surface area contributed by atoms with E-state index in [1.165, 1.54) is 32.1 Å². The van der Waals surface area contributed by atoms with Crippen molar-refractivity contribution in [3.63, 3.8) is 0 Å². The SMILES string of the molecule is CCCCCCCCCC(O)CC(N)=O. The second-order valence-corrected chi connectivity index (χ2v) is 4.23. The van der Waals surface area contributed by atoms with Gasteiger partial charge in [0.1, 0.15) is 0 Å². The van der Waals surface area contributed by atoms with Crippen molar-refractivity contribution in [1.29, 1.82) is 0 Å². The van der Waals surface area contributed by atoms with Crippen LogP contribution in [0.2, 0.25) is 0 Å². The fraction of sp³-hybridized carbons (Fsp3) is 0.917. The number of aliphatic hydroxyl groups excluding tert-OH is 1. The van der Waals surface area contributed by atoms with Crippen molar-refractivity contribution in [3.8, 4) is 0 Å². The van der Waals surface area contributed by atoms with E-state index in [1.54, 1.807) is 0 Å². The summed E-state index contributed by atoms with van der Waals surface area (Å²) < 4.78 is 0. The molecule has 0 aromatic rings. The third-order valence-electron chi connectivity index (χ3n) is 2.58. The predicted octanol–water partition coefficient (Wildman–Crippen LogP) is 2.36. The number of amides is 1. The molecule has 0 bridgehead atoms. The molecule has 3 nitrogen and oxygen atoms in total. The number of carbonyl (C=O) groups is 1. The summed E-state index contributed by atoms with van der Waals surface area (Å²) >= 11 is 0. The number of primary amides is 1. The Balaban J connectivity index is 3.13. The van der Waals surface area contributed by atoms with Crippen LogP contribution in [-0.2, 0) is 4.79 Å². The van der Waals surface area contributed by atoms with Crippen LogP contribution in [0.1, 0.15) is 64.7 Å². The molecule has 0 saturated carbocycles. The zero-order valence-corrected chi connectivity index (χ0v) is 9.87. The van der Waals surface area contributed by atoms with Gasteiger partial charge in [0, 0.05) is 0 Å². The quantitative estimate of drug-likeness (QED) is 0.549. The highest BCUT2D eigenvalue weighted by Crippen LogP contribution is 2.10. The van der Waals surface area contributed by atoms with E-state index in [0.29, 0.717) is 6.42 Å². The van der Waals surface area contributed by atoms with Gasteiger partial charge in [-0.1, -0.05) is 51.9 Å². The average Bonchev–Trinajstić information content (AvgIpc) is 2.15. The van der Waals surface area contributed by atoms with Gasteiger partial charge >= 0.3 is 0 Å². The summed E-state index contributed by atoms with van der Waals surface area (Å²) in [5.41, 5.74) is 4.98. The molecular formula is C12H25NO2. The normalized spacial score (nSPS) is 12.7. The monoisotopic (exact) mass is 215 g/mol. The summed E-state index contributed by atoms with van der Waals surface area (Å²) in [4.78, 5) is 10.5. The maximum absolute atomic E-state index is 10.5. The molecule has 0 heterocycles. The average molecular weight is 215 g/mol. The number of aliphatic hydroxyl groups is 1. The fourth-order valence-electron chi connectivity index (χ4n) is 1.67. The van der Waals surface area contributed by atoms with Gasteiger partial charge in [0.25, 0.3) is 0 Å². The first-order chi connectivity index (χ1) is 7.16. The van der Waals surface area contributed by atoms with Crippen molar-refractivity contribution in [2.45, 2.75) is 70.8 Å². The van der Waals surface area contributed by atoms with Gasteiger partial charge in [0.15, 0.2) is 0 Å². The lowest BCUT2D eigenvalue weighted by atomic mass is 10.0. The molecule has 0 aliphatic rings. The number of hydrogen-bond acceptors (Lipinski definition) is 2. The molecule has 1 amide bonds. The van der Waals surface area contributed by atoms with Crippen LogP contribution in [0.5, 0.6) is 0 Å². The first kappa shape index (κ1) is 14.4. The Hall–Kier alpha value is -0.570. The summed E-state index contributed by atoms with van der Waals surface area (Å²) in [7, 11) is 0. The highest BCUT2D eigenvalue weighted by molar-refractivity contribution is 5.74. The highest BCUT2D eigenvalue weighted by atomic mass is 16.3. The van der Waals surface area contributed by atoms with E-state index in [-0.39, 0.29) is 6.42 Å². The van der Waals surface area contributed by atoms with Crippen LogP contribution in [0, 0.1) is 0 Å². The third-order valence-corrected chi connectivity index (χ3v) is 2.58. The van der Waals surface area contributed by atoms with Crippen LogP contribution in [-0.4, -0.2) is 17.1 Å². The molecular weight excluding hydrogens is 190 g/mol. The van der Waals surface area contributed by atoms with Gasteiger partial charge in [-0.25, -0.2) is 0 Å². The second kappa shape index (κ2) is 9.97. The topological polar surface area (TPSA) is 63.3 Å². The van der Waals surface area contributed by atoms with E-state index >= 15 is 0 Å². The van der Waals surface area contributed by atoms with Crippen LogP contribution in [0.25, 0.3) is 0 Å². The van der Waals surface area contributed by atoms with Gasteiger partial charge < -0.3 is 10.8 Å². The molecule has 0 radical (unpaired) electrons. The summed E-state index contributed by atoms with van der Waals surface area (Å²) in [5.74, 6) is -0.412. The van der Waals surface area contributed by atoms with Crippen molar-refractivity contribution in [3.05, 3.63) is 0 Å². The molecule has 0 aliphatic heterocycles. The van der Waals surface area contributed by atoms with Crippen LogP contribution in [0.4, 0.5) is 0 Å². The lowest BCUT2D eigenvalue weighted by Gasteiger charge is -2.07. The second-order valence-electron chi connectivity index (χ2n) is 4.23. The Labute approximate surface area is 93.0 Å². The van der Waals surface area contributed by atoms with Gasteiger partial charge in [-0.3, -0.25) is 4.79 Å².